The van der Waals surface area contributed by atoms with Gasteiger partial charge in [0.15, 0.2) is 5.58 Å². The standard InChI is InChI=1S/C26H24N2O5/c1-17-12-13-18(2)20(16-17)27-25(30)24(19-8-4-3-5-9-19)33-23(29)14-15-28-21-10-6-7-11-22(21)32-26(28)31/h3-13,16,24H,14-15H2,1-2H3,(H,27,30). The van der Waals surface area contributed by atoms with Crippen molar-refractivity contribution in [3.05, 3.63) is 100 Å². The number of carbonyl (C=O) groups is 2. The number of aromatic nitrogens is 1. The van der Waals surface area contributed by atoms with Crippen LogP contribution >= 0.6 is 0 Å². The first-order chi connectivity index (χ1) is 15.9. The molecule has 1 heterocycles. The summed E-state index contributed by atoms with van der Waals surface area (Å²) < 4.78 is 12.2. The van der Waals surface area contributed by atoms with Gasteiger partial charge in [-0.25, -0.2) is 4.79 Å². The lowest BCUT2D eigenvalue weighted by atomic mass is 10.1. The molecule has 3 aromatic carbocycles. The highest BCUT2D eigenvalue weighted by Crippen LogP contribution is 2.23. The number of hydrogen-bond acceptors (Lipinski definition) is 5. The van der Waals surface area contributed by atoms with E-state index in [9.17, 15) is 14.4 Å². The lowest BCUT2D eigenvalue weighted by Gasteiger charge is -2.19. The van der Waals surface area contributed by atoms with Crippen LogP contribution in [0.4, 0.5) is 5.69 Å². The monoisotopic (exact) mass is 444 g/mol. The van der Waals surface area contributed by atoms with Crippen molar-refractivity contribution in [2.45, 2.75) is 32.9 Å². The quantitative estimate of drug-likeness (QED) is 0.423. The Kier molecular flexibility index (Phi) is 6.40. The number of anilines is 1. The number of aryl methyl sites for hydroxylation is 3. The van der Waals surface area contributed by atoms with Crippen molar-refractivity contribution in [3.63, 3.8) is 0 Å². The zero-order valence-corrected chi connectivity index (χ0v) is 18.4. The lowest BCUT2D eigenvalue weighted by Crippen LogP contribution is -2.27. The minimum absolute atomic E-state index is 0.0782. The molecule has 0 fully saturated rings. The number of rotatable bonds is 7. The Labute approximate surface area is 190 Å². The van der Waals surface area contributed by atoms with Crippen LogP contribution in [-0.2, 0) is 20.9 Å². The number of carbonyl (C=O) groups excluding carboxylic acids is 2. The molecule has 1 unspecified atom stereocenters. The topological polar surface area (TPSA) is 90.5 Å². The normalized spacial score (nSPS) is 11.8. The molecule has 0 aliphatic rings. The molecular weight excluding hydrogens is 420 g/mol. The number of nitrogens with one attached hydrogen (secondary N) is 1. The molecule has 0 aliphatic heterocycles. The molecule has 168 valence electrons. The van der Waals surface area contributed by atoms with Gasteiger partial charge in [0.25, 0.3) is 5.91 Å². The van der Waals surface area contributed by atoms with Crippen molar-refractivity contribution in [1.82, 2.24) is 4.57 Å². The molecule has 1 amide bonds. The van der Waals surface area contributed by atoms with Crippen molar-refractivity contribution < 1.29 is 18.7 Å². The summed E-state index contributed by atoms with van der Waals surface area (Å²) in [5.74, 6) is -1.59. The van der Waals surface area contributed by atoms with Crippen molar-refractivity contribution in [2.24, 2.45) is 0 Å². The average molecular weight is 444 g/mol. The highest BCUT2D eigenvalue weighted by Gasteiger charge is 2.26. The van der Waals surface area contributed by atoms with Crippen molar-refractivity contribution >= 4 is 28.7 Å². The van der Waals surface area contributed by atoms with E-state index in [-0.39, 0.29) is 13.0 Å². The molecule has 7 nitrogen and oxygen atoms in total. The summed E-state index contributed by atoms with van der Waals surface area (Å²) in [7, 11) is 0. The first kappa shape index (κ1) is 22.1. The van der Waals surface area contributed by atoms with Gasteiger partial charge < -0.3 is 14.5 Å². The van der Waals surface area contributed by atoms with Crippen LogP contribution in [0, 0.1) is 13.8 Å². The average Bonchev–Trinajstić information content (AvgIpc) is 3.13. The summed E-state index contributed by atoms with van der Waals surface area (Å²) in [5.41, 5.74) is 4.17. The second kappa shape index (κ2) is 9.56. The third kappa shape index (κ3) is 5.03. The predicted molar refractivity (Wildman–Crippen MR) is 125 cm³/mol. The largest absolute Gasteiger partial charge is 0.447 e. The zero-order valence-electron chi connectivity index (χ0n) is 18.4. The molecule has 1 atom stereocenters. The molecule has 7 heteroatoms. The number of ether oxygens (including phenoxy) is 1. The molecule has 4 aromatic rings. The van der Waals surface area contributed by atoms with E-state index >= 15 is 0 Å². The number of oxazole rings is 1. The van der Waals surface area contributed by atoms with Gasteiger partial charge in [-0.2, -0.15) is 0 Å². The number of benzene rings is 3. The third-order valence-electron chi connectivity index (χ3n) is 5.35. The Hall–Kier alpha value is -4.13. The molecule has 4 rings (SSSR count). The first-order valence-corrected chi connectivity index (χ1v) is 10.6. The van der Waals surface area contributed by atoms with Crippen LogP contribution in [0.25, 0.3) is 11.1 Å². The van der Waals surface area contributed by atoms with Gasteiger partial charge in [-0.15, -0.1) is 0 Å². The fourth-order valence-corrected chi connectivity index (χ4v) is 3.59. The predicted octanol–water partition coefficient (Wildman–Crippen LogP) is 4.52. The highest BCUT2D eigenvalue weighted by molar-refractivity contribution is 5.96. The van der Waals surface area contributed by atoms with Gasteiger partial charge in [0.2, 0.25) is 6.10 Å². The van der Waals surface area contributed by atoms with Crippen molar-refractivity contribution in [1.29, 1.82) is 0 Å². The maximum absolute atomic E-state index is 13.1. The molecule has 1 N–H and O–H groups in total. The summed E-state index contributed by atoms with van der Waals surface area (Å²) >= 11 is 0. The van der Waals surface area contributed by atoms with Crippen LogP contribution in [0.1, 0.15) is 29.2 Å². The van der Waals surface area contributed by atoms with Gasteiger partial charge in [-0.1, -0.05) is 54.6 Å². The maximum atomic E-state index is 13.1. The van der Waals surface area contributed by atoms with Gasteiger partial charge >= 0.3 is 11.7 Å². The molecule has 1 aromatic heterocycles. The third-order valence-corrected chi connectivity index (χ3v) is 5.35. The molecule has 0 bridgehead atoms. The first-order valence-electron chi connectivity index (χ1n) is 10.6. The Morgan fingerprint density at radius 3 is 2.52 bits per heavy atom. The van der Waals surface area contributed by atoms with Crippen LogP contribution in [0.15, 0.2) is 82.0 Å². The fraction of sp³-hybridized carbons (Fsp3) is 0.192. The van der Waals surface area contributed by atoms with Crippen LogP contribution in [-0.4, -0.2) is 16.4 Å². The number of nitrogens with zero attached hydrogens (tertiary/aromatic N) is 1. The highest BCUT2D eigenvalue weighted by atomic mass is 16.5. The molecule has 0 saturated carbocycles. The zero-order chi connectivity index (χ0) is 23.4. The van der Waals surface area contributed by atoms with Crippen LogP contribution in [0.2, 0.25) is 0 Å². The lowest BCUT2D eigenvalue weighted by molar-refractivity contribution is -0.155. The summed E-state index contributed by atoms with van der Waals surface area (Å²) in [6.45, 7) is 3.91. The second-order valence-corrected chi connectivity index (χ2v) is 7.83. The number of para-hydroxylation sites is 2. The summed E-state index contributed by atoms with van der Waals surface area (Å²) in [4.78, 5) is 38.0. The van der Waals surface area contributed by atoms with E-state index in [1.807, 2.05) is 38.1 Å². The van der Waals surface area contributed by atoms with E-state index in [4.69, 9.17) is 9.15 Å². The summed E-state index contributed by atoms with van der Waals surface area (Å²) in [6, 6.07) is 21.6. The molecule has 0 saturated heterocycles. The number of amides is 1. The minimum atomic E-state index is -1.13. The second-order valence-electron chi connectivity index (χ2n) is 7.83. The molecule has 0 radical (unpaired) electrons. The smallest absolute Gasteiger partial charge is 0.419 e. The van der Waals surface area contributed by atoms with E-state index in [2.05, 4.69) is 5.32 Å². The van der Waals surface area contributed by atoms with Gasteiger partial charge in [0.1, 0.15) is 0 Å². The summed E-state index contributed by atoms with van der Waals surface area (Å²) in [5, 5.41) is 2.87. The fourth-order valence-electron chi connectivity index (χ4n) is 3.59. The van der Waals surface area contributed by atoms with Crippen LogP contribution in [0.5, 0.6) is 0 Å². The van der Waals surface area contributed by atoms with E-state index in [1.54, 1.807) is 48.5 Å². The van der Waals surface area contributed by atoms with Gasteiger partial charge in [-0.05, 0) is 43.2 Å². The van der Waals surface area contributed by atoms with E-state index in [0.717, 1.165) is 11.1 Å². The Morgan fingerprint density at radius 1 is 1.00 bits per heavy atom. The molecule has 0 spiro atoms. The SMILES string of the molecule is Cc1ccc(C)c(NC(=O)C(OC(=O)CCn2c(=O)oc3ccccc32)c2ccccc2)c1. The molecular formula is C26H24N2O5. The molecule has 0 aliphatic carbocycles. The van der Waals surface area contributed by atoms with Crippen molar-refractivity contribution in [2.75, 3.05) is 5.32 Å². The van der Waals surface area contributed by atoms with Crippen LogP contribution in [0.3, 0.4) is 0 Å². The van der Waals surface area contributed by atoms with E-state index < -0.39 is 23.7 Å². The minimum Gasteiger partial charge on any atom is -0.447 e. The van der Waals surface area contributed by atoms with E-state index in [0.29, 0.717) is 22.4 Å². The number of hydrogen-bond donors (Lipinski definition) is 1. The maximum Gasteiger partial charge on any atom is 0.419 e. The number of esters is 1. The van der Waals surface area contributed by atoms with Gasteiger partial charge in [0.05, 0.1) is 11.9 Å². The van der Waals surface area contributed by atoms with E-state index in [1.165, 1.54) is 4.57 Å². The Bertz CT molecular complexity index is 1350. The number of fused-ring (bicyclic) bond motifs is 1. The van der Waals surface area contributed by atoms with Crippen molar-refractivity contribution in [3.8, 4) is 0 Å². The Morgan fingerprint density at radius 2 is 1.73 bits per heavy atom. The molecule has 33 heavy (non-hydrogen) atoms. The van der Waals surface area contributed by atoms with Crippen LogP contribution < -0.4 is 11.1 Å². The van der Waals surface area contributed by atoms with Gasteiger partial charge in [-0.3, -0.25) is 14.2 Å². The Balaban J connectivity index is 1.51. The summed E-state index contributed by atoms with van der Waals surface area (Å²) in [6.07, 6.45) is -1.22. The van der Waals surface area contributed by atoms with Gasteiger partial charge in [0, 0.05) is 17.8 Å².